The number of nitrogens with zero attached hydrogens (tertiary/aromatic N) is 1. The Morgan fingerprint density at radius 2 is 2.04 bits per heavy atom. The van der Waals surface area contributed by atoms with E-state index in [2.05, 4.69) is 29.7 Å². The molecule has 2 heterocycles. The number of pyridine rings is 1. The highest BCUT2D eigenvalue weighted by molar-refractivity contribution is 7.18. The van der Waals surface area contributed by atoms with Crippen LogP contribution in [0.2, 0.25) is 5.15 Å². The maximum Gasteiger partial charge on any atom is 0.138 e. The van der Waals surface area contributed by atoms with Gasteiger partial charge in [0.25, 0.3) is 0 Å². The molecule has 3 nitrogen and oxygen atoms in total. The molecule has 0 aliphatic heterocycles. The van der Waals surface area contributed by atoms with Gasteiger partial charge in [-0.25, -0.2) is 4.98 Å². The highest BCUT2D eigenvalue weighted by Gasteiger charge is 2.21. The fourth-order valence-electron chi connectivity index (χ4n) is 3.27. The van der Waals surface area contributed by atoms with E-state index < -0.39 is 0 Å². The largest absolute Gasteiger partial charge is 0.491 e. The van der Waals surface area contributed by atoms with E-state index in [-0.39, 0.29) is 0 Å². The summed E-state index contributed by atoms with van der Waals surface area (Å²) in [5.41, 5.74) is 4.13. The molecule has 1 aliphatic rings. The molecule has 0 amide bonds. The highest BCUT2D eigenvalue weighted by atomic mass is 35.5. The third kappa shape index (κ3) is 3.65. The van der Waals surface area contributed by atoms with Crippen LogP contribution in [0.25, 0.3) is 26.8 Å². The molecule has 1 aromatic carbocycles. The number of aromatic nitrogens is 1. The second-order valence-electron chi connectivity index (χ2n) is 6.27. The zero-order chi connectivity index (χ0) is 18.6. The number of ether oxygens (including phenoxy) is 2. The predicted molar refractivity (Wildman–Crippen MR) is 114 cm³/mol. The Morgan fingerprint density at radius 1 is 1.15 bits per heavy atom. The summed E-state index contributed by atoms with van der Waals surface area (Å²) in [7, 11) is 1.67. The molecular formula is C22H20ClNO2S. The smallest absolute Gasteiger partial charge is 0.138 e. The van der Waals surface area contributed by atoms with Crippen LogP contribution in [0.4, 0.5) is 0 Å². The summed E-state index contributed by atoms with van der Waals surface area (Å²) in [5, 5.41) is 3.58. The van der Waals surface area contributed by atoms with Gasteiger partial charge in [-0.1, -0.05) is 48.0 Å². The molecule has 0 bridgehead atoms. The first-order chi connectivity index (χ1) is 13.3. The number of allylic oxidation sites excluding steroid dienone is 4. The zero-order valence-electron chi connectivity index (χ0n) is 15.1. The third-order valence-corrected chi connectivity index (χ3v) is 5.75. The lowest BCUT2D eigenvalue weighted by molar-refractivity contribution is 0.146. The van der Waals surface area contributed by atoms with Gasteiger partial charge in [0.2, 0.25) is 0 Å². The van der Waals surface area contributed by atoms with Crippen molar-refractivity contribution in [1.82, 2.24) is 4.98 Å². The molecule has 5 heteroatoms. The standard InChI is InChI=1S/C22H20ClNO2S/c1-25-12-13-26-18-10-6-5-9-16(18)19-20(15-7-3-2-4-8-15)24-22(23)17-11-14-27-21(17)19/h3,5-11,14H,2,4,12-13H2,1H3. The van der Waals surface area contributed by atoms with Crippen molar-refractivity contribution in [3.63, 3.8) is 0 Å². The first-order valence-electron chi connectivity index (χ1n) is 8.94. The van der Waals surface area contributed by atoms with E-state index in [0.29, 0.717) is 18.4 Å². The summed E-state index contributed by atoms with van der Waals surface area (Å²) in [6, 6.07) is 10.1. The fourth-order valence-corrected chi connectivity index (χ4v) is 4.52. The van der Waals surface area contributed by atoms with Crippen molar-refractivity contribution in [2.24, 2.45) is 0 Å². The van der Waals surface area contributed by atoms with E-state index in [9.17, 15) is 0 Å². The van der Waals surface area contributed by atoms with Gasteiger partial charge >= 0.3 is 0 Å². The van der Waals surface area contributed by atoms with Gasteiger partial charge < -0.3 is 9.47 Å². The van der Waals surface area contributed by atoms with Crippen LogP contribution in [-0.2, 0) is 4.74 Å². The fraction of sp³-hybridized carbons (Fsp3) is 0.227. The lowest BCUT2D eigenvalue weighted by Crippen LogP contribution is -2.05. The summed E-state index contributed by atoms with van der Waals surface area (Å²) in [6.45, 7) is 1.04. The molecule has 0 fully saturated rings. The Labute approximate surface area is 167 Å². The molecule has 0 atom stereocenters. The monoisotopic (exact) mass is 397 g/mol. The lowest BCUT2D eigenvalue weighted by Gasteiger charge is -2.17. The second kappa shape index (κ2) is 8.26. The van der Waals surface area contributed by atoms with Crippen molar-refractivity contribution in [3.05, 3.63) is 64.8 Å². The van der Waals surface area contributed by atoms with Gasteiger partial charge in [-0.3, -0.25) is 0 Å². The Bertz CT molecular complexity index is 1020. The number of rotatable bonds is 6. The SMILES string of the molecule is COCCOc1ccccc1-c1c(C2=CCCC=C2)nc(Cl)c2ccsc12. The molecule has 1 aliphatic carbocycles. The summed E-state index contributed by atoms with van der Waals surface area (Å²) < 4.78 is 12.3. The molecule has 0 N–H and O–H groups in total. The van der Waals surface area contributed by atoms with Crippen molar-refractivity contribution in [1.29, 1.82) is 0 Å². The summed E-state index contributed by atoms with van der Waals surface area (Å²) in [6.07, 6.45) is 8.63. The third-order valence-electron chi connectivity index (χ3n) is 4.53. The minimum Gasteiger partial charge on any atom is -0.491 e. The predicted octanol–water partition coefficient (Wildman–Crippen LogP) is 6.38. The van der Waals surface area contributed by atoms with Gasteiger partial charge in [-0.05, 0) is 35.9 Å². The van der Waals surface area contributed by atoms with Crippen LogP contribution in [0, 0.1) is 0 Å². The van der Waals surface area contributed by atoms with E-state index in [1.165, 1.54) is 0 Å². The Hall–Kier alpha value is -2.14. The van der Waals surface area contributed by atoms with E-state index in [0.717, 1.165) is 51.1 Å². The topological polar surface area (TPSA) is 31.4 Å². The molecule has 0 saturated carbocycles. The number of halogens is 1. The first-order valence-corrected chi connectivity index (χ1v) is 10.2. The minimum atomic E-state index is 0.500. The number of thiophene rings is 1. The molecule has 0 unspecified atom stereocenters. The number of methoxy groups -OCH3 is 1. The van der Waals surface area contributed by atoms with Gasteiger partial charge in [0.1, 0.15) is 17.5 Å². The summed E-state index contributed by atoms with van der Waals surface area (Å²) in [4.78, 5) is 4.78. The van der Waals surface area contributed by atoms with Crippen LogP contribution in [0.15, 0.2) is 53.9 Å². The molecule has 4 rings (SSSR count). The van der Waals surface area contributed by atoms with Gasteiger partial charge in [0.05, 0.1) is 12.3 Å². The molecule has 0 spiro atoms. The van der Waals surface area contributed by atoms with Crippen LogP contribution < -0.4 is 4.74 Å². The van der Waals surface area contributed by atoms with E-state index in [1.54, 1.807) is 18.4 Å². The number of hydrogen-bond donors (Lipinski definition) is 0. The number of para-hydroxylation sites is 1. The van der Waals surface area contributed by atoms with Crippen molar-refractivity contribution in [3.8, 4) is 16.9 Å². The van der Waals surface area contributed by atoms with Gasteiger partial charge in [-0.2, -0.15) is 0 Å². The van der Waals surface area contributed by atoms with Gasteiger partial charge in [0.15, 0.2) is 0 Å². The van der Waals surface area contributed by atoms with E-state index >= 15 is 0 Å². The van der Waals surface area contributed by atoms with Gasteiger partial charge in [-0.15, -0.1) is 11.3 Å². The normalized spacial score (nSPS) is 13.8. The first kappa shape index (κ1) is 18.2. The maximum atomic E-state index is 6.52. The molecule has 27 heavy (non-hydrogen) atoms. The van der Waals surface area contributed by atoms with Gasteiger partial charge in [0, 0.05) is 28.3 Å². The summed E-state index contributed by atoms with van der Waals surface area (Å²) >= 11 is 8.20. The number of benzene rings is 1. The number of hydrogen-bond acceptors (Lipinski definition) is 4. The molecule has 2 aromatic heterocycles. The van der Waals surface area contributed by atoms with Crippen LogP contribution in [0.5, 0.6) is 5.75 Å². The van der Waals surface area contributed by atoms with Crippen LogP contribution >= 0.6 is 22.9 Å². The van der Waals surface area contributed by atoms with E-state index in [4.69, 9.17) is 26.1 Å². The van der Waals surface area contributed by atoms with Crippen LogP contribution in [0.1, 0.15) is 18.5 Å². The van der Waals surface area contributed by atoms with Crippen molar-refractivity contribution in [2.75, 3.05) is 20.3 Å². The summed E-state index contributed by atoms with van der Waals surface area (Å²) in [5.74, 6) is 0.829. The molecular weight excluding hydrogens is 378 g/mol. The average molecular weight is 398 g/mol. The zero-order valence-corrected chi connectivity index (χ0v) is 16.6. The van der Waals surface area contributed by atoms with Crippen molar-refractivity contribution in [2.45, 2.75) is 12.8 Å². The Balaban J connectivity index is 1.93. The van der Waals surface area contributed by atoms with E-state index in [1.807, 2.05) is 24.3 Å². The number of fused-ring (bicyclic) bond motifs is 1. The Kier molecular flexibility index (Phi) is 5.58. The minimum absolute atomic E-state index is 0.500. The average Bonchev–Trinajstić information content (AvgIpc) is 3.20. The molecule has 138 valence electrons. The lowest BCUT2D eigenvalue weighted by atomic mass is 9.95. The second-order valence-corrected chi connectivity index (χ2v) is 7.54. The van der Waals surface area contributed by atoms with Crippen LogP contribution in [0.3, 0.4) is 0 Å². The van der Waals surface area contributed by atoms with Crippen molar-refractivity contribution >= 4 is 38.6 Å². The molecule has 0 radical (unpaired) electrons. The highest BCUT2D eigenvalue weighted by Crippen LogP contribution is 2.44. The Morgan fingerprint density at radius 3 is 2.85 bits per heavy atom. The quantitative estimate of drug-likeness (QED) is 0.357. The van der Waals surface area contributed by atoms with Crippen molar-refractivity contribution < 1.29 is 9.47 Å². The van der Waals surface area contributed by atoms with Crippen LogP contribution in [-0.4, -0.2) is 25.3 Å². The molecule has 0 saturated heterocycles. The molecule has 3 aromatic rings. The maximum absolute atomic E-state index is 6.52.